The van der Waals surface area contributed by atoms with Crippen LogP contribution in [0.25, 0.3) is 11.1 Å². The van der Waals surface area contributed by atoms with Crippen LogP contribution in [0.15, 0.2) is 36.7 Å². The number of pyridine rings is 1. The summed E-state index contributed by atoms with van der Waals surface area (Å²) < 4.78 is 0. The van der Waals surface area contributed by atoms with Crippen molar-refractivity contribution in [2.45, 2.75) is 6.92 Å². The number of carbonyl (C=O) groups is 1. The van der Waals surface area contributed by atoms with E-state index in [9.17, 15) is 4.79 Å². The molecule has 0 spiro atoms. The zero-order chi connectivity index (χ0) is 12.4. The number of hydrogen-bond donors (Lipinski definition) is 2. The van der Waals surface area contributed by atoms with Crippen molar-refractivity contribution in [3.63, 3.8) is 0 Å². The van der Waals surface area contributed by atoms with Gasteiger partial charge in [0.05, 0.1) is 17.4 Å². The molecule has 0 aliphatic rings. The van der Waals surface area contributed by atoms with Crippen LogP contribution >= 0.6 is 0 Å². The van der Waals surface area contributed by atoms with Gasteiger partial charge in [-0.2, -0.15) is 0 Å². The van der Waals surface area contributed by atoms with Crippen molar-refractivity contribution in [3.8, 4) is 11.1 Å². The molecule has 17 heavy (non-hydrogen) atoms. The molecule has 0 saturated heterocycles. The van der Waals surface area contributed by atoms with Crippen LogP contribution in [0.1, 0.15) is 15.9 Å². The van der Waals surface area contributed by atoms with E-state index in [1.165, 1.54) is 12.4 Å². The molecular formula is C13H12N2O2. The molecule has 0 amide bonds. The second-order valence-corrected chi connectivity index (χ2v) is 3.82. The lowest BCUT2D eigenvalue weighted by Crippen LogP contribution is -2.03. The van der Waals surface area contributed by atoms with Crippen LogP contribution in [0.2, 0.25) is 0 Å². The van der Waals surface area contributed by atoms with E-state index in [-0.39, 0.29) is 5.56 Å². The van der Waals surface area contributed by atoms with Gasteiger partial charge in [0, 0.05) is 11.8 Å². The van der Waals surface area contributed by atoms with Crippen LogP contribution in [-0.2, 0) is 0 Å². The number of nitrogen functional groups attached to an aromatic ring is 1. The average Bonchev–Trinajstić information content (AvgIpc) is 2.30. The summed E-state index contributed by atoms with van der Waals surface area (Å²) in [6.45, 7) is 1.97. The van der Waals surface area contributed by atoms with Gasteiger partial charge >= 0.3 is 5.97 Å². The highest BCUT2D eigenvalue weighted by atomic mass is 16.4. The third-order valence-corrected chi connectivity index (χ3v) is 2.55. The first-order valence-corrected chi connectivity index (χ1v) is 5.13. The van der Waals surface area contributed by atoms with E-state index in [2.05, 4.69) is 4.98 Å². The second kappa shape index (κ2) is 4.25. The standard InChI is InChI=1S/C13H12N2O2/c1-8-2-4-9(5-3-8)12-10(13(16)17)6-15-7-11(12)14/h2-7H,14H2,1H3,(H,16,17). The number of nitrogens with zero attached hydrogens (tertiary/aromatic N) is 1. The molecule has 0 aliphatic heterocycles. The molecular weight excluding hydrogens is 216 g/mol. The van der Waals surface area contributed by atoms with Crippen LogP contribution in [0, 0.1) is 6.92 Å². The predicted molar refractivity (Wildman–Crippen MR) is 65.8 cm³/mol. The monoisotopic (exact) mass is 228 g/mol. The summed E-state index contributed by atoms with van der Waals surface area (Å²) >= 11 is 0. The maximum absolute atomic E-state index is 11.1. The summed E-state index contributed by atoms with van der Waals surface area (Å²) in [6.07, 6.45) is 2.77. The molecule has 0 atom stereocenters. The maximum Gasteiger partial charge on any atom is 0.337 e. The Morgan fingerprint density at radius 3 is 2.47 bits per heavy atom. The number of aromatic nitrogens is 1. The molecule has 3 N–H and O–H groups in total. The number of aryl methyl sites for hydroxylation is 1. The van der Waals surface area contributed by atoms with Crippen molar-refractivity contribution >= 4 is 11.7 Å². The Kier molecular flexibility index (Phi) is 2.78. The van der Waals surface area contributed by atoms with Crippen molar-refractivity contribution < 1.29 is 9.90 Å². The Morgan fingerprint density at radius 1 is 1.24 bits per heavy atom. The average molecular weight is 228 g/mol. The molecule has 0 radical (unpaired) electrons. The molecule has 2 rings (SSSR count). The molecule has 0 bridgehead atoms. The van der Waals surface area contributed by atoms with Crippen molar-refractivity contribution in [3.05, 3.63) is 47.8 Å². The van der Waals surface area contributed by atoms with E-state index in [4.69, 9.17) is 10.8 Å². The Labute approximate surface area is 98.7 Å². The topological polar surface area (TPSA) is 76.2 Å². The number of carboxylic acid groups (broad SMARTS) is 1. The van der Waals surface area contributed by atoms with Crippen molar-refractivity contribution in [1.82, 2.24) is 4.98 Å². The quantitative estimate of drug-likeness (QED) is 0.827. The lowest BCUT2D eigenvalue weighted by Gasteiger charge is -2.09. The van der Waals surface area contributed by atoms with Gasteiger partial charge in [-0.15, -0.1) is 0 Å². The molecule has 86 valence electrons. The molecule has 1 aromatic carbocycles. The minimum Gasteiger partial charge on any atom is -0.478 e. The van der Waals surface area contributed by atoms with Crippen molar-refractivity contribution in [2.75, 3.05) is 5.73 Å². The van der Waals surface area contributed by atoms with Crippen LogP contribution < -0.4 is 5.73 Å². The summed E-state index contributed by atoms with van der Waals surface area (Å²) in [5, 5.41) is 9.11. The smallest absolute Gasteiger partial charge is 0.337 e. The minimum absolute atomic E-state index is 0.119. The number of rotatable bonds is 2. The highest BCUT2D eigenvalue weighted by Crippen LogP contribution is 2.29. The number of hydrogen-bond acceptors (Lipinski definition) is 3. The first-order chi connectivity index (χ1) is 8.09. The molecule has 4 nitrogen and oxygen atoms in total. The minimum atomic E-state index is -1.03. The molecule has 4 heteroatoms. The van der Waals surface area contributed by atoms with Crippen LogP contribution in [0.5, 0.6) is 0 Å². The van der Waals surface area contributed by atoms with Crippen LogP contribution in [-0.4, -0.2) is 16.1 Å². The molecule has 2 aromatic rings. The molecule has 1 heterocycles. The fourth-order valence-electron chi connectivity index (χ4n) is 1.68. The van der Waals surface area contributed by atoms with Gasteiger partial charge in [-0.1, -0.05) is 29.8 Å². The maximum atomic E-state index is 11.1. The largest absolute Gasteiger partial charge is 0.478 e. The summed E-state index contributed by atoms with van der Waals surface area (Å²) in [6, 6.07) is 7.54. The predicted octanol–water partition coefficient (Wildman–Crippen LogP) is 2.34. The Hall–Kier alpha value is -2.36. The Morgan fingerprint density at radius 2 is 1.88 bits per heavy atom. The van der Waals surface area contributed by atoms with Crippen molar-refractivity contribution in [1.29, 1.82) is 0 Å². The van der Waals surface area contributed by atoms with E-state index >= 15 is 0 Å². The fraction of sp³-hybridized carbons (Fsp3) is 0.0769. The zero-order valence-corrected chi connectivity index (χ0v) is 9.34. The van der Waals surface area contributed by atoms with Crippen LogP contribution in [0.3, 0.4) is 0 Å². The normalized spacial score (nSPS) is 10.2. The highest BCUT2D eigenvalue weighted by Gasteiger charge is 2.14. The van der Waals surface area contributed by atoms with Gasteiger partial charge in [-0.25, -0.2) is 4.79 Å². The molecule has 0 fully saturated rings. The number of anilines is 1. The summed E-state index contributed by atoms with van der Waals surface area (Å²) in [5.74, 6) is -1.03. The Balaban J connectivity index is 2.65. The highest BCUT2D eigenvalue weighted by molar-refractivity contribution is 5.99. The fourth-order valence-corrected chi connectivity index (χ4v) is 1.68. The van der Waals surface area contributed by atoms with E-state index in [1.807, 2.05) is 31.2 Å². The first-order valence-electron chi connectivity index (χ1n) is 5.13. The van der Waals surface area contributed by atoms with Gasteiger partial charge in [0.1, 0.15) is 0 Å². The molecule has 1 aromatic heterocycles. The third-order valence-electron chi connectivity index (χ3n) is 2.55. The summed E-state index contributed by atoms with van der Waals surface area (Å²) in [7, 11) is 0. The van der Waals surface area contributed by atoms with Crippen LogP contribution in [0.4, 0.5) is 5.69 Å². The van der Waals surface area contributed by atoms with E-state index in [0.29, 0.717) is 11.3 Å². The van der Waals surface area contributed by atoms with E-state index in [1.54, 1.807) is 0 Å². The second-order valence-electron chi connectivity index (χ2n) is 3.82. The molecule has 0 saturated carbocycles. The van der Waals surface area contributed by atoms with Gasteiger partial charge in [-0.05, 0) is 12.5 Å². The van der Waals surface area contributed by atoms with Crippen molar-refractivity contribution in [2.24, 2.45) is 0 Å². The summed E-state index contributed by atoms with van der Waals surface area (Å²) in [4.78, 5) is 14.9. The number of nitrogens with two attached hydrogens (primary N) is 1. The number of aromatic carboxylic acids is 1. The number of benzene rings is 1. The summed E-state index contributed by atoms with van der Waals surface area (Å²) in [5.41, 5.74) is 8.71. The van der Waals surface area contributed by atoms with Gasteiger partial charge in [0.2, 0.25) is 0 Å². The Bertz CT molecular complexity index is 562. The van der Waals surface area contributed by atoms with E-state index in [0.717, 1.165) is 11.1 Å². The van der Waals surface area contributed by atoms with Gasteiger partial charge in [-0.3, -0.25) is 4.98 Å². The SMILES string of the molecule is Cc1ccc(-c2c(N)cncc2C(=O)O)cc1. The zero-order valence-electron chi connectivity index (χ0n) is 9.34. The van der Waals surface area contributed by atoms with Gasteiger partial charge in [0.15, 0.2) is 0 Å². The lowest BCUT2D eigenvalue weighted by atomic mass is 9.99. The molecule has 0 unspecified atom stereocenters. The third kappa shape index (κ3) is 2.10. The van der Waals surface area contributed by atoms with Gasteiger partial charge in [0.25, 0.3) is 0 Å². The number of carboxylic acids is 1. The van der Waals surface area contributed by atoms with E-state index < -0.39 is 5.97 Å². The first kappa shape index (κ1) is 11.1. The van der Waals surface area contributed by atoms with Gasteiger partial charge < -0.3 is 10.8 Å². The lowest BCUT2D eigenvalue weighted by molar-refractivity contribution is 0.0697. The molecule has 0 aliphatic carbocycles.